The first-order valence-corrected chi connectivity index (χ1v) is 9.57. The lowest BCUT2D eigenvalue weighted by Gasteiger charge is -2.12. The van der Waals surface area contributed by atoms with Gasteiger partial charge in [-0.1, -0.05) is 25.1 Å². The van der Waals surface area contributed by atoms with Crippen LogP contribution in [0.2, 0.25) is 0 Å². The first kappa shape index (κ1) is 19.3. The molecule has 136 valence electrons. The fraction of sp³-hybridized carbons (Fsp3) is 0.500. The Morgan fingerprint density at radius 3 is 2.60 bits per heavy atom. The Labute approximate surface area is 153 Å². The molecule has 7 heteroatoms. The zero-order valence-electron chi connectivity index (χ0n) is 15.3. The Morgan fingerprint density at radius 2 is 2.00 bits per heavy atom. The minimum atomic E-state index is 0.0302. The number of methoxy groups -OCH3 is 1. The van der Waals surface area contributed by atoms with Gasteiger partial charge in [0.25, 0.3) is 0 Å². The molecule has 1 amide bonds. The van der Waals surface area contributed by atoms with Gasteiger partial charge in [0.15, 0.2) is 11.0 Å². The number of thioether (sulfide) groups is 1. The zero-order valence-corrected chi connectivity index (χ0v) is 16.1. The van der Waals surface area contributed by atoms with Crippen LogP contribution in [0.15, 0.2) is 29.4 Å². The number of nitrogens with zero attached hydrogens (tertiary/aromatic N) is 3. The van der Waals surface area contributed by atoms with E-state index in [-0.39, 0.29) is 11.9 Å². The molecule has 0 aliphatic rings. The summed E-state index contributed by atoms with van der Waals surface area (Å²) in [6.07, 6.45) is 2.05. The van der Waals surface area contributed by atoms with Crippen LogP contribution in [0.4, 0.5) is 0 Å². The number of hydrogen-bond donors (Lipinski definition) is 1. The van der Waals surface area contributed by atoms with E-state index >= 15 is 0 Å². The molecule has 1 heterocycles. The zero-order chi connectivity index (χ0) is 18.2. The van der Waals surface area contributed by atoms with Crippen molar-refractivity contribution >= 4 is 17.7 Å². The first-order chi connectivity index (χ1) is 12.1. The number of amides is 1. The highest BCUT2D eigenvalue weighted by Gasteiger charge is 2.15. The van der Waals surface area contributed by atoms with Crippen LogP contribution in [0.1, 0.15) is 33.6 Å². The molecule has 2 rings (SSSR count). The number of nitrogens with one attached hydrogen (secondary N) is 1. The van der Waals surface area contributed by atoms with Crippen molar-refractivity contribution in [2.24, 2.45) is 0 Å². The van der Waals surface area contributed by atoms with E-state index in [1.807, 2.05) is 42.7 Å². The molecule has 1 N–H and O–H groups in total. The van der Waals surface area contributed by atoms with Crippen LogP contribution in [0.25, 0.3) is 11.4 Å². The maximum atomic E-state index is 12.0. The smallest absolute Gasteiger partial charge is 0.230 e. The number of hydrogen-bond acceptors (Lipinski definition) is 5. The van der Waals surface area contributed by atoms with Gasteiger partial charge in [0, 0.05) is 18.2 Å². The molecule has 6 nitrogen and oxygen atoms in total. The summed E-state index contributed by atoms with van der Waals surface area (Å²) >= 11 is 1.42. The number of benzene rings is 1. The highest BCUT2D eigenvalue weighted by atomic mass is 32.2. The fourth-order valence-electron chi connectivity index (χ4n) is 2.59. The van der Waals surface area contributed by atoms with Gasteiger partial charge in [0.05, 0.1) is 12.9 Å². The van der Waals surface area contributed by atoms with Crippen molar-refractivity contribution in [3.8, 4) is 17.1 Å². The van der Waals surface area contributed by atoms with Crippen molar-refractivity contribution in [3.63, 3.8) is 0 Å². The highest BCUT2D eigenvalue weighted by molar-refractivity contribution is 7.99. The molecule has 1 aromatic heterocycles. The maximum absolute atomic E-state index is 12.0. The number of carbonyl (C=O) groups excluding carboxylic acids is 1. The molecule has 25 heavy (non-hydrogen) atoms. The Kier molecular flexibility index (Phi) is 7.31. The van der Waals surface area contributed by atoms with Crippen molar-refractivity contribution in [1.82, 2.24) is 20.1 Å². The molecule has 0 saturated heterocycles. The van der Waals surface area contributed by atoms with E-state index in [1.165, 1.54) is 11.8 Å². The number of ether oxygens (including phenoxy) is 1. The van der Waals surface area contributed by atoms with Gasteiger partial charge in [0.2, 0.25) is 5.91 Å². The predicted molar refractivity (Wildman–Crippen MR) is 101 cm³/mol. The highest BCUT2D eigenvalue weighted by Crippen LogP contribution is 2.25. The lowest BCUT2D eigenvalue weighted by molar-refractivity contribution is -0.119. The van der Waals surface area contributed by atoms with Gasteiger partial charge in [-0.2, -0.15) is 0 Å². The van der Waals surface area contributed by atoms with E-state index in [0.29, 0.717) is 5.75 Å². The van der Waals surface area contributed by atoms with E-state index in [1.54, 1.807) is 7.11 Å². The van der Waals surface area contributed by atoms with Crippen LogP contribution < -0.4 is 10.1 Å². The van der Waals surface area contributed by atoms with E-state index in [2.05, 4.69) is 22.4 Å². The summed E-state index contributed by atoms with van der Waals surface area (Å²) in [6, 6.07) is 7.93. The SMILES string of the molecule is CCC[C@H](C)NC(=O)CSc1nnc(-c2ccc(OC)cc2)n1CC. The molecule has 0 fully saturated rings. The van der Waals surface area contributed by atoms with Gasteiger partial charge < -0.3 is 14.6 Å². The van der Waals surface area contributed by atoms with Gasteiger partial charge in [-0.25, -0.2) is 0 Å². The summed E-state index contributed by atoms with van der Waals surface area (Å²) in [6.45, 7) is 6.93. The second-order valence-corrected chi connectivity index (χ2v) is 6.77. The second-order valence-electron chi connectivity index (χ2n) is 5.82. The number of aromatic nitrogens is 3. The van der Waals surface area contributed by atoms with Crippen molar-refractivity contribution in [1.29, 1.82) is 0 Å². The van der Waals surface area contributed by atoms with Gasteiger partial charge in [0.1, 0.15) is 5.75 Å². The predicted octanol–water partition coefficient (Wildman–Crippen LogP) is 3.37. The molecule has 0 unspecified atom stereocenters. The number of rotatable bonds is 9. The normalized spacial score (nSPS) is 12.0. The van der Waals surface area contributed by atoms with E-state index in [4.69, 9.17) is 4.74 Å². The fourth-order valence-corrected chi connectivity index (χ4v) is 3.40. The molecule has 0 bridgehead atoms. The lowest BCUT2D eigenvalue weighted by Crippen LogP contribution is -2.33. The van der Waals surface area contributed by atoms with E-state index in [0.717, 1.165) is 41.7 Å². The molecular weight excluding hydrogens is 336 g/mol. The summed E-state index contributed by atoms with van der Waals surface area (Å²) in [5, 5.41) is 12.3. The molecule has 0 spiro atoms. The molecule has 2 aromatic rings. The van der Waals surface area contributed by atoms with E-state index < -0.39 is 0 Å². The molecule has 1 aromatic carbocycles. The minimum Gasteiger partial charge on any atom is -0.497 e. The van der Waals surface area contributed by atoms with E-state index in [9.17, 15) is 4.79 Å². The quantitative estimate of drug-likeness (QED) is 0.693. The molecule has 0 radical (unpaired) electrons. The third kappa shape index (κ3) is 5.22. The van der Waals surface area contributed by atoms with Crippen LogP contribution in [0.5, 0.6) is 5.75 Å². The molecule has 0 aliphatic heterocycles. The average molecular weight is 362 g/mol. The largest absolute Gasteiger partial charge is 0.497 e. The van der Waals surface area contributed by atoms with Crippen LogP contribution >= 0.6 is 11.8 Å². The topological polar surface area (TPSA) is 69.0 Å². The van der Waals surface area contributed by atoms with Crippen LogP contribution in [-0.4, -0.2) is 39.6 Å². The van der Waals surface area contributed by atoms with Crippen LogP contribution in [-0.2, 0) is 11.3 Å². The summed E-state index contributed by atoms with van der Waals surface area (Å²) in [4.78, 5) is 12.0. The van der Waals surface area contributed by atoms with Crippen LogP contribution in [0.3, 0.4) is 0 Å². The lowest BCUT2D eigenvalue weighted by atomic mass is 10.2. The molecule has 0 aliphatic carbocycles. The number of carbonyl (C=O) groups is 1. The minimum absolute atomic E-state index is 0.0302. The first-order valence-electron chi connectivity index (χ1n) is 8.58. The van der Waals surface area contributed by atoms with Crippen molar-refractivity contribution in [2.75, 3.05) is 12.9 Å². The summed E-state index contributed by atoms with van der Waals surface area (Å²) in [7, 11) is 1.64. The Balaban J connectivity index is 2.05. The van der Waals surface area contributed by atoms with Gasteiger partial charge in [-0.05, 0) is 44.5 Å². The second kappa shape index (κ2) is 9.46. The summed E-state index contributed by atoms with van der Waals surface area (Å²) in [5.74, 6) is 1.98. The van der Waals surface area contributed by atoms with Gasteiger partial charge >= 0.3 is 0 Å². The maximum Gasteiger partial charge on any atom is 0.230 e. The Bertz CT molecular complexity index is 685. The molecular formula is C18H26N4O2S. The van der Waals surface area contributed by atoms with Gasteiger partial charge in [-0.3, -0.25) is 4.79 Å². The third-order valence-corrected chi connectivity index (χ3v) is 4.81. The molecule has 1 atom stereocenters. The summed E-state index contributed by atoms with van der Waals surface area (Å²) < 4.78 is 7.21. The van der Waals surface area contributed by atoms with Crippen molar-refractivity contribution in [3.05, 3.63) is 24.3 Å². The summed E-state index contributed by atoms with van der Waals surface area (Å²) in [5.41, 5.74) is 0.975. The average Bonchev–Trinajstić information content (AvgIpc) is 3.03. The Hall–Kier alpha value is -2.02. The standard InChI is InChI=1S/C18H26N4O2S/c1-5-7-13(3)19-16(23)12-25-18-21-20-17(22(18)6-2)14-8-10-15(24-4)11-9-14/h8-11,13H,5-7,12H2,1-4H3,(H,19,23)/t13-/m0/s1. The van der Waals surface area contributed by atoms with Crippen molar-refractivity contribution < 1.29 is 9.53 Å². The van der Waals surface area contributed by atoms with Gasteiger partial charge in [-0.15, -0.1) is 10.2 Å². The van der Waals surface area contributed by atoms with Crippen molar-refractivity contribution in [2.45, 2.75) is 51.4 Å². The molecule has 0 saturated carbocycles. The Morgan fingerprint density at radius 1 is 1.28 bits per heavy atom. The third-order valence-electron chi connectivity index (χ3n) is 3.84. The van der Waals surface area contributed by atoms with Crippen LogP contribution in [0, 0.1) is 0 Å². The monoisotopic (exact) mass is 362 g/mol.